The van der Waals surface area contributed by atoms with Crippen LogP contribution in [0.2, 0.25) is 5.02 Å². The molecule has 2 fully saturated rings. The van der Waals surface area contributed by atoms with E-state index in [2.05, 4.69) is 27.1 Å². The normalized spacial score (nSPS) is 22.0. The minimum atomic E-state index is -0.938. The number of aliphatic hydroxyl groups excluding tert-OH is 1. The predicted molar refractivity (Wildman–Crippen MR) is 208 cm³/mol. The lowest BCUT2D eigenvalue weighted by molar-refractivity contribution is -0.264. The van der Waals surface area contributed by atoms with E-state index in [1.54, 1.807) is 0 Å². The maximum atomic E-state index is 13.0. The summed E-state index contributed by atoms with van der Waals surface area (Å²) in [5, 5.41) is 24.9. The number of benzene rings is 5. The fourth-order valence-corrected chi connectivity index (χ4v) is 8.00. The van der Waals surface area contributed by atoms with E-state index in [4.69, 9.17) is 21.1 Å². The van der Waals surface area contributed by atoms with E-state index in [1.807, 2.05) is 91.0 Å². The average molecular weight is 773 g/mol. The molecule has 5 aromatic carbocycles. The molecule has 5 aromatic rings. The standard InChI is InChI=1S/C45H41ClN2O8/c46-35-17-15-34(16-18-35)45(53)20-22-48(23-21-45)26-38-39(30-4-2-1-3-5-30)40(31-10-8-29(27-49)9-11-31)55-44(54-38)32-12-6-28(7-13-32)25-47-41(50)33-14-19-36-37(24-33)43(52)56-42(36)51/h1-19,24,38-40,44,49,53H,20-23,25-27H2,(H,47,50). The van der Waals surface area contributed by atoms with Crippen molar-refractivity contribution in [2.75, 3.05) is 19.6 Å². The van der Waals surface area contributed by atoms with Gasteiger partial charge >= 0.3 is 11.9 Å². The van der Waals surface area contributed by atoms with Gasteiger partial charge in [0.2, 0.25) is 0 Å². The highest BCUT2D eigenvalue weighted by molar-refractivity contribution is 6.30. The summed E-state index contributed by atoms with van der Waals surface area (Å²) >= 11 is 6.13. The Bertz CT molecular complexity index is 2200. The van der Waals surface area contributed by atoms with E-state index < -0.39 is 29.7 Å². The molecule has 0 saturated carbocycles. The third kappa shape index (κ3) is 7.90. The lowest BCUT2D eigenvalue weighted by atomic mass is 9.81. The molecule has 3 heterocycles. The molecule has 0 radical (unpaired) electrons. The molecule has 11 heteroatoms. The first-order valence-corrected chi connectivity index (χ1v) is 19.1. The van der Waals surface area contributed by atoms with E-state index in [-0.39, 0.29) is 48.0 Å². The van der Waals surface area contributed by atoms with Crippen LogP contribution in [-0.2, 0) is 33.0 Å². The molecule has 1 amide bonds. The van der Waals surface area contributed by atoms with Crippen molar-refractivity contribution in [1.82, 2.24) is 10.2 Å². The molecular formula is C45H41ClN2O8. The number of piperidine rings is 1. The summed E-state index contributed by atoms with van der Waals surface area (Å²) in [5.41, 5.74) is 4.91. The fraction of sp³-hybridized carbons (Fsp3) is 0.267. The number of amides is 1. The molecule has 3 aliphatic heterocycles. The number of rotatable bonds is 10. The van der Waals surface area contributed by atoms with Gasteiger partial charge in [-0.2, -0.15) is 0 Å². The zero-order chi connectivity index (χ0) is 38.8. The number of fused-ring (bicyclic) bond motifs is 1. The molecular weight excluding hydrogens is 732 g/mol. The van der Waals surface area contributed by atoms with Crippen LogP contribution in [0.15, 0.2) is 121 Å². The highest BCUT2D eigenvalue weighted by Crippen LogP contribution is 2.47. The quantitative estimate of drug-likeness (QED) is 0.101. The Morgan fingerprint density at radius 3 is 2.12 bits per heavy atom. The number of esters is 2. The van der Waals surface area contributed by atoms with Crippen molar-refractivity contribution in [3.63, 3.8) is 0 Å². The summed E-state index contributed by atoms with van der Waals surface area (Å²) in [6.07, 6.45) is -0.251. The van der Waals surface area contributed by atoms with Crippen LogP contribution >= 0.6 is 11.6 Å². The minimum absolute atomic E-state index is 0.0601. The third-order valence-corrected chi connectivity index (χ3v) is 11.3. The van der Waals surface area contributed by atoms with Crippen LogP contribution in [0.5, 0.6) is 0 Å². The lowest BCUT2D eigenvalue weighted by Crippen LogP contribution is -2.49. The number of likely N-dealkylation sites (tertiary alicyclic amines) is 1. The van der Waals surface area contributed by atoms with Gasteiger partial charge in [-0.1, -0.05) is 103 Å². The second kappa shape index (κ2) is 16.1. The molecule has 0 aliphatic carbocycles. The number of cyclic esters (lactones) is 2. The lowest BCUT2D eigenvalue weighted by Gasteiger charge is -2.46. The maximum absolute atomic E-state index is 13.0. The van der Waals surface area contributed by atoms with Crippen molar-refractivity contribution in [3.8, 4) is 0 Å². The van der Waals surface area contributed by atoms with Crippen LogP contribution in [0, 0.1) is 0 Å². The van der Waals surface area contributed by atoms with Gasteiger partial charge in [0.1, 0.15) is 0 Å². The number of hydrogen-bond donors (Lipinski definition) is 3. The van der Waals surface area contributed by atoms with E-state index in [0.717, 1.165) is 33.4 Å². The maximum Gasteiger partial charge on any atom is 0.346 e. The van der Waals surface area contributed by atoms with Gasteiger partial charge in [-0.25, -0.2) is 9.59 Å². The molecule has 286 valence electrons. The Morgan fingerprint density at radius 1 is 0.768 bits per heavy atom. The van der Waals surface area contributed by atoms with E-state index >= 15 is 0 Å². The molecule has 4 unspecified atom stereocenters. The summed E-state index contributed by atoms with van der Waals surface area (Å²) in [6.45, 7) is 2.13. The van der Waals surface area contributed by atoms with Crippen LogP contribution in [0.3, 0.4) is 0 Å². The molecule has 56 heavy (non-hydrogen) atoms. The van der Waals surface area contributed by atoms with Crippen LogP contribution in [0.25, 0.3) is 0 Å². The van der Waals surface area contributed by atoms with Crippen molar-refractivity contribution in [2.24, 2.45) is 0 Å². The van der Waals surface area contributed by atoms with Crippen molar-refractivity contribution in [3.05, 3.63) is 176 Å². The van der Waals surface area contributed by atoms with Gasteiger partial charge in [-0.05, 0) is 71.0 Å². The number of halogens is 1. The molecule has 2 saturated heterocycles. The van der Waals surface area contributed by atoms with Crippen molar-refractivity contribution in [2.45, 2.75) is 56.0 Å². The molecule has 0 aromatic heterocycles. The second-order valence-corrected chi connectivity index (χ2v) is 15.0. The Kier molecular flexibility index (Phi) is 10.8. The van der Waals surface area contributed by atoms with Crippen molar-refractivity contribution >= 4 is 29.4 Å². The van der Waals surface area contributed by atoms with E-state index in [0.29, 0.717) is 37.5 Å². The number of aliphatic hydroxyl groups is 2. The summed E-state index contributed by atoms with van der Waals surface area (Å²) in [6, 6.07) is 37.5. The molecule has 4 atom stereocenters. The Balaban J connectivity index is 1.02. The largest absolute Gasteiger partial charge is 0.392 e. The monoisotopic (exact) mass is 772 g/mol. The highest BCUT2D eigenvalue weighted by atomic mass is 35.5. The molecule has 0 bridgehead atoms. The Morgan fingerprint density at radius 2 is 1.43 bits per heavy atom. The highest BCUT2D eigenvalue weighted by Gasteiger charge is 2.44. The first-order chi connectivity index (χ1) is 27.2. The Hall–Kier alpha value is -5.20. The van der Waals surface area contributed by atoms with Gasteiger partial charge in [-0.15, -0.1) is 0 Å². The summed E-state index contributed by atoms with van der Waals surface area (Å²) < 4.78 is 18.4. The first kappa shape index (κ1) is 37.7. The number of ether oxygens (including phenoxy) is 3. The van der Waals surface area contributed by atoms with Crippen LogP contribution in [0.4, 0.5) is 0 Å². The van der Waals surface area contributed by atoms with Crippen molar-refractivity contribution < 1.29 is 38.8 Å². The SMILES string of the molecule is O=C(NCc1ccc(C2OC(CN3CCC(O)(c4ccc(Cl)cc4)CC3)C(c3ccccc3)C(c3ccc(CO)cc3)O2)cc1)c1ccc2c(c1)C(=O)OC2=O. The molecule has 3 aliphatic rings. The van der Waals surface area contributed by atoms with Gasteiger partial charge in [0.15, 0.2) is 6.29 Å². The number of carbonyl (C=O) groups is 3. The second-order valence-electron chi connectivity index (χ2n) is 14.6. The van der Waals surface area contributed by atoms with Gasteiger partial charge in [0, 0.05) is 48.2 Å². The van der Waals surface area contributed by atoms with Crippen LogP contribution in [0.1, 0.15) is 95.6 Å². The number of carbonyl (C=O) groups excluding carboxylic acids is 3. The number of nitrogens with zero attached hydrogens (tertiary/aromatic N) is 1. The van der Waals surface area contributed by atoms with Crippen LogP contribution in [-0.4, -0.2) is 58.7 Å². The number of hydrogen-bond acceptors (Lipinski definition) is 9. The molecule has 8 rings (SSSR count). The topological polar surface area (TPSA) is 135 Å². The smallest absolute Gasteiger partial charge is 0.346 e. The summed E-state index contributed by atoms with van der Waals surface area (Å²) in [4.78, 5) is 39.1. The third-order valence-electron chi connectivity index (χ3n) is 11.1. The van der Waals surface area contributed by atoms with Gasteiger partial charge in [0.05, 0.1) is 35.5 Å². The van der Waals surface area contributed by atoms with Gasteiger partial charge in [-0.3, -0.25) is 4.79 Å². The molecule has 0 spiro atoms. The van der Waals surface area contributed by atoms with E-state index in [9.17, 15) is 24.6 Å². The first-order valence-electron chi connectivity index (χ1n) is 18.7. The summed E-state index contributed by atoms with van der Waals surface area (Å²) in [7, 11) is 0. The zero-order valence-corrected chi connectivity index (χ0v) is 31.2. The fourth-order valence-electron chi connectivity index (χ4n) is 7.88. The van der Waals surface area contributed by atoms with E-state index in [1.165, 1.54) is 18.2 Å². The van der Waals surface area contributed by atoms with Crippen LogP contribution < -0.4 is 5.32 Å². The summed E-state index contributed by atoms with van der Waals surface area (Å²) in [5.74, 6) is -2.04. The Labute approximate surface area is 329 Å². The molecule has 3 N–H and O–H groups in total. The number of nitrogens with one attached hydrogen (secondary N) is 1. The minimum Gasteiger partial charge on any atom is -0.392 e. The van der Waals surface area contributed by atoms with Gasteiger partial charge in [0.25, 0.3) is 5.91 Å². The zero-order valence-electron chi connectivity index (χ0n) is 30.5. The predicted octanol–water partition coefficient (Wildman–Crippen LogP) is 7.00. The average Bonchev–Trinajstić information content (AvgIpc) is 3.52. The van der Waals surface area contributed by atoms with Crippen molar-refractivity contribution in [1.29, 1.82) is 0 Å². The molecule has 10 nitrogen and oxygen atoms in total. The van der Waals surface area contributed by atoms with Gasteiger partial charge < -0.3 is 34.6 Å².